The van der Waals surface area contributed by atoms with Gasteiger partial charge in [-0.2, -0.15) is 0 Å². The van der Waals surface area contributed by atoms with Crippen molar-refractivity contribution in [3.05, 3.63) is 29.3 Å². The highest BCUT2D eigenvalue weighted by molar-refractivity contribution is 5.43. The highest BCUT2D eigenvalue weighted by Crippen LogP contribution is 2.35. The van der Waals surface area contributed by atoms with Gasteiger partial charge >= 0.3 is 0 Å². The highest BCUT2D eigenvalue weighted by Gasteiger charge is 2.23. The number of phenolic OH excluding ortho intramolecular Hbond substituents is 1. The lowest BCUT2D eigenvalue weighted by Crippen LogP contribution is -2.30. The van der Waals surface area contributed by atoms with Crippen LogP contribution in [-0.4, -0.2) is 11.1 Å². The van der Waals surface area contributed by atoms with Crippen molar-refractivity contribution in [3.63, 3.8) is 0 Å². The largest absolute Gasteiger partial charge is 0.508 e. The van der Waals surface area contributed by atoms with Crippen LogP contribution >= 0.6 is 0 Å². The Morgan fingerprint density at radius 3 is 2.93 bits per heavy atom. The minimum atomic E-state index is 0.329. The van der Waals surface area contributed by atoms with Gasteiger partial charge in [-0.1, -0.05) is 26.0 Å². The number of rotatable bonds is 2. The van der Waals surface area contributed by atoms with Gasteiger partial charge in [-0.25, -0.2) is 0 Å². The maximum atomic E-state index is 9.90. The Bertz CT molecular complexity index is 346. The molecule has 1 atom stereocenters. The Morgan fingerprint density at radius 1 is 1.40 bits per heavy atom. The molecule has 0 fully saturated rings. The van der Waals surface area contributed by atoms with Crippen LogP contribution in [0.5, 0.6) is 5.75 Å². The zero-order valence-electron chi connectivity index (χ0n) is 9.46. The fraction of sp³-hybridized carbons (Fsp3) is 0.538. The van der Waals surface area contributed by atoms with Gasteiger partial charge in [-0.3, -0.25) is 0 Å². The molecule has 1 aliphatic rings. The van der Waals surface area contributed by atoms with Gasteiger partial charge in [-0.05, 0) is 30.9 Å². The normalized spacial score (nSPS) is 20.3. The van der Waals surface area contributed by atoms with E-state index in [2.05, 4.69) is 25.2 Å². The Hall–Kier alpha value is -1.02. The van der Waals surface area contributed by atoms with Gasteiger partial charge in [0.2, 0.25) is 0 Å². The first kappa shape index (κ1) is 10.5. The van der Waals surface area contributed by atoms with Gasteiger partial charge in [0.05, 0.1) is 0 Å². The molecule has 0 amide bonds. The van der Waals surface area contributed by atoms with Crippen molar-refractivity contribution < 1.29 is 5.11 Å². The van der Waals surface area contributed by atoms with Crippen LogP contribution in [0.25, 0.3) is 0 Å². The number of nitrogens with one attached hydrogen (secondary N) is 1. The molecule has 0 saturated carbocycles. The van der Waals surface area contributed by atoms with Crippen LogP contribution in [0.4, 0.5) is 0 Å². The van der Waals surface area contributed by atoms with Crippen molar-refractivity contribution in [1.29, 1.82) is 0 Å². The molecule has 2 nitrogen and oxygen atoms in total. The maximum Gasteiger partial charge on any atom is 0.120 e. The summed E-state index contributed by atoms with van der Waals surface area (Å²) in [4.78, 5) is 0. The average Bonchev–Trinajstić information content (AvgIpc) is 2.17. The maximum absolute atomic E-state index is 9.90. The van der Waals surface area contributed by atoms with Crippen LogP contribution in [-0.2, 0) is 6.42 Å². The third-order valence-corrected chi connectivity index (χ3v) is 3.00. The third kappa shape index (κ3) is 2.15. The Balaban J connectivity index is 2.32. The van der Waals surface area contributed by atoms with E-state index in [0.717, 1.165) is 18.4 Å². The fourth-order valence-electron chi connectivity index (χ4n) is 2.43. The van der Waals surface area contributed by atoms with E-state index in [9.17, 15) is 5.11 Å². The number of aromatic hydroxyl groups is 1. The molecule has 1 aliphatic carbocycles. The molecule has 2 heteroatoms. The quantitative estimate of drug-likeness (QED) is 0.778. The summed E-state index contributed by atoms with van der Waals surface area (Å²) in [7, 11) is 0. The van der Waals surface area contributed by atoms with E-state index in [1.54, 1.807) is 6.07 Å². The summed E-state index contributed by atoms with van der Waals surface area (Å²) >= 11 is 0. The number of benzene rings is 1. The zero-order chi connectivity index (χ0) is 10.8. The molecule has 1 aromatic rings. The molecule has 0 aliphatic heterocycles. The smallest absolute Gasteiger partial charge is 0.120 e. The highest BCUT2D eigenvalue weighted by atomic mass is 16.3. The molecule has 2 rings (SSSR count). The number of aryl methyl sites for hydroxylation is 1. The second-order valence-corrected chi connectivity index (χ2v) is 4.62. The Kier molecular flexibility index (Phi) is 2.96. The van der Waals surface area contributed by atoms with Crippen LogP contribution in [0.2, 0.25) is 0 Å². The lowest BCUT2D eigenvalue weighted by atomic mass is 9.86. The van der Waals surface area contributed by atoms with Crippen molar-refractivity contribution in [2.75, 3.05) is 0 Å². The summed E-state index contributed by atoms with van der Waals surface area (Å²) < 4.78 is 0. The summed E-state index contributed by atoms with van der Waals surface area (Å²) in [6, 6.07) is 6.64. The van der Waals surface area contributed by atoms with Gasteiger partial charge in [0.1, 0.15) is 5.75 Å². The van der Waals surface area contributed by atoms with Crippen LogP contribution in [0.15, 0.2) is 18.2 Å². The molecule has 0 aromatic heterocycles. The predicted molar refractivity (Wildman–Crippen MR) is 62.1 cm³/mol. The topological polar surface area (TPSA) is 32.3 Å². The van der Waals surface area contributed by atoms with E-state index in [1.165, 1.54) is 12.0 Å². The van der Waals surface area contributed by atoms with E-state index < -0.39 is 0 Å². The lowest BCUT2D eigenvalue weighted by molar-refractivity contribution is 0.394. The van der Waals surface area contributed by atoms with Crippen molar-refractivity contribution in [1.82, 2.24) is 5.32 Å². The molecule has 1 aromatic carbocycles. The SMILES string of the molecule is CC(C)NC1CCCc2cccc(O)c21. The number of fused-ring (bicyclic) bond motifs is 1. The van der Waals surface area contributed by atoms with Crippen molar-refractivity contribution in [2.24, 2.45) is 0 Å². The monoisotopic (exact) mass is 205 g/mol. The molecule has 0 bridgehead atoms. The Labute approximate surface area is 91.3 Å². The standard InChI is InChI=1S/C13H19NO/c1-9(2)14-11-7-3-5-10-6-4-8-12(15)13(10)11/h4,6,8-9,11,14-15H,3,5,7H2,1-2H3. The molecule has 0 heterocycles. The molecule has 0 spiro atoms. The number of hydrogen-bond acceptors (Lipinski definition) is 2. The minimum absolute atomic E-state index is 0.329. The first-order chi connectivity index (χ1) is 7.18. The van der Waals surface area contributed by atoms with Crippen LogP contribution in [0.1, 0.15) is 43.9 Å². The molecular weight excluding hydrogens is 186 g/mol. The summed E-state index contributed by atoms with van der Waals surface area (Å²) in [6.07, 6.45) is 3.43. The van der Waals surface area contributed by atoms with E-state index in [-0.39, 0.29) is 0 Å². The fourth-order valence-corrected chi connectivity index (χ4v) is 2.43. The average molecular weight is 205 g/mol. The van der Waals surface area contributed by atoms with Crippen LogP contribution in [0, 0.1) is 0 Å². The molecule has 0 saturated heterocycles. The summed E-state index contributed by atoms with van der Waals surface area (Å²) in [6.45, 7) is 4.29. The number of phenols is 1. The van der Waals surface area contributed by atoms with Crippen molar-refractivity contribution in [3.8, 4) is 5.75 Å². The number of hydrogen-bond donors (Lipinski definition) is 2. The Morgan fingerprint density at radius 2 is 2.20 bits per heavy atom. The van der Waals surface area contributed by atoms with Gasteiger partial charge in [0.15, 0.2) is 0 Å². The second-order valence-electron chi connectivity index (χ2n) is 4.62. The summed E-state index contributed by atoms with van der Waals surface area (Å²) in [5.41, 5.74) is 2.43. The summed E-state index contributed by atoms with van der Waals surface area (Å²) in [5.74, 6) is 0.449. The third-order valence-electron chi connectivity index (χ3n) is 3.00. The van der Waals surface area contributed by atoms with E-state index >= 15 is 0 Å². The summed E-state index contributed by atoms with van der Waals surface area (Å²) in [5, 5.41) is 13.4. The van der Waals surface area contributed by atoms with E-state index in [1.807, 2.05) is 6.07 Å². The zero-order valence-corrected chi connectivity index (χ0v) is 9.46. The van der Waals surface area contributed by atoms with Crippen molar-refractivity contribution >= 4 is 0 Å². The molecular formula is C13H19NO. The van der Waals surface area contributed by atoms with Gasteiger partial charge < -0.3 is 10.4 Å². The molecule has 2 N–H and O–H groups in total. The van der Waals surface area contributed by atoms with Gasteiger partial charge in [0, 0.05) is 17.6 Å². The van der Waals surface area contributed by atoms with Gasteiger partial charge in [0.25, 0.3) is 0 Å². The first-order valence-corrected chi connectivity index (χ1v) is 5.75. The molecule has 15 heavy (non-hydrogen) atoms. The lowest BCUT2D eigenvalue weighted by Gasteiger charge is -2.28. The second kappa shape index (κ2) is 4.23. The van der Waals surface area contributed by atoms with Crippen LogP contribution < -0.4 is 5.32 Å². The first-order valence-electron chi connectivity index (χ1n) is 5.75. The van der Waals surface area contributed by atoms with Crippen molar-refractivity contribution in [2.45, 2.75) is 45.2 Å². The molecule has 1 unspecified atom stereocenters. The predicted octanol–water partition coefficient (Wildman–Crippen LogP) is 2.77. The van der Waals surface area contributed by atoms with Crippen LogP contribution in [0.3, 0.4) is 0 Å². The molecule has 0 radical (unpaired) electrons. The van der Waals surface area contributed by atoms with E-state index in [4.69, 9.17) is 0 Å². The molecule has 82 valence electrons. The van der Waals surface area contributed by atoms with E-state index in [0.29, 0.717) is 17.8 Å². The van der Waals surface area contributed by atoms with Gasteiger partial charge in [-0.15, -0.1) is 0 Å². The minimum Gasteiger partial charge on any atom is -0.508 e.